The molecule has 0 aromatic carbocycles. The molecule has 0 aliphatic carbocycles. The average Bonchev–Trinajstić information content (AvgIpc) is 2.07. The molecule has 0 fully saturated rings. The van der Waals surface area contributed by atoms with Crippen LogP contribution in [0.2, 0.25) is 0 Å². The van der Waals surface area contributed by atoms with E-state index < -0.39 is 0 Å². The summed E-state index contributed by atoms with van der Waals surface area (Å²) in [5.74, 6) is 0.508. The van der Waals surface area contributed by atoms with Crippen molar-refractivity contribution in [2.75, 3.05) is 6.61 Å². The van der Waals surface area contributed by atoms with Gasteiger partial charge in [0.2, 0.25) is 0 Å². The normalized spacial score (nSPS) is 10.2. The molecule has 0 bridgehead atoms. The lowest BCUT2D eigenvalue weighted by Gasteiger charge is -2.03. The van der Waals surface area contributed by atoms with Crippen LogP contribution in [0.25, 0.3) is 0 Å². The molecule has 66 valence electrons. The van der Waals surface area contributed by atoms with Gasteiger partial charge in [0.25, 0.3) is 5.56 Å². The third kappa shape index (κ3) is 1.50. The van der Waals surface area contributed by atoms with Crippen molar-refractivity contribution in [1.29, 1.82) is 0 Å². The lowest BCUT2D eigenvalue weighted by Crippen LogP contribution is -2.26. The predicted molar refractivity (Wildman–Crippen MR) is 42.8 cm³/mol. The summed E-state index contributed by atoms with van der Waals surface area (Å²) in [6.45, 7) is 1.59. The molecule has 0 atom stereocenters. The number of nitrogens with zero attached hydrogens (tertiary/aromatic N) is 3. The monoisotopic (exact) mass is 169 g/mol. The second kappa shape index (κ2) is 3.44. The van der Waals surface area contributed by atoms with E-state index in [1.165, 1.54) is 4.57 Å². The number of aromatic nitrogens is 3. The van der Waals surface area contributed by atoms with Crippen LogP contribution in [0.3, 0.4) is 0 Å². The van der Waals surface area contributed by atoms with Crippen LogP contribution in [0.1, 0.15) is 11.5 Å². The van der Waals surface area contributed by atoms with Crippen molar-refractivity contribution < 1.29 is 5.11 Å². The fraction of sp³-hybridized carbons (Fsp3) is 0.571. The Morgan fingerprint density at radius 1 is 1.50 bits per heavy atom. The van der Waals surface area contributed by atoms with Crippen molar-refractivity contribution in [3.63, 3.8) is 0 Å². The van der Waals surface area contributed by atoms with Crippen LogP contribution in [0.15, 0.2) is 4.79 Å². The van der Waals surface area contributed by atoms with Gasteiger partial charge >= 0.3 is 0 Å². The van der Waals surface area contributed by atoms with Crippen LogP contribution in [0, 0.1) is 6.92 Å². The molecule has 1 heterocycles. The minimum absolute atomic E-state index is 0.0228. The van der Waals surface area contributed by atoms with E-state index in [0.29, 0.717) is 17.9 Å². The highest BCUT2D eigenvalue weighted by molar-refractivity contribution is 4.95. The molecule has 1 rings (SSSR count). The fourth-order valence-corrected chi connectivity index (χ4v) is 0.920. The maximum Gasteiger partial charge on any atom is 0.274 e. The van der Waals surface area contributed by atoms with Crippen molar-refractivity contribution in [2.24, 2.45) is 7.05 Å². The fourth-order valence-electron chi connectivity index (χ4n) is 0.920. The minimum Gasteiger partial charge on any atom is -0.396 e. The second-order valence-electron chi connectivity index (χ2n) is 2.54. The number of aryl methyl sites for hydroxylation is 1. The topological polar surface area (TPSA) is 68.0 Å². The van der Waals surface area contributed by atoms with Crippen LogP contribution < -0.4 is 5.56 Å². The summed E-state index contributed by atoms with van der Waals surface area (Å²) < 4.78 is 1.40. The zero-order valence-electron chi connectivity index (χ0n) is 7.11. The van der Waals surface area contributed by atoms with E-state index in [2.05, 4.69) is 10.2 Å². The van der Waals surface area contributed by atoms with E-state index in [1.807, 2.05) is 0 Å². The molecular formula is C7H11N3O2. The lowest BCUT2D eigenvalue weighted by atomic mass is 10.4. The van der Waals surface area contributed by atoms with E-state index >= 15 is 0 Å². The van der Waals surface area contributed by atoms with Crippen molar-refractivity contribution in [1.82, 2.24) is 14.8 Å². The number of aliphatic hydroxyl groups is 1. The largest absolute Gasteiger partial charge is 0.396 e. The van der Waals surface area contributed by atoms with Gasteiger partial charge in [-0.2, -0.15) is 0 Å². The van der Waals surface area contributed by atoms with Gasteiger partial charge in [-0.1, -0.05) is 0 Å². The maximum absolute atomic E-state index is 11.2. The highest BCUT2D eigenvalue weighted by atomic mass is 16.3. The Labute approximate surface area is 69.7 Å². The van der Waals surface area contributed by atoms with E-state index in [4.69, 9.17) is 5.11 Å². The van der Waals surface area contributed by atoms with Crippen LogP contribution >= 0.6 is 0 Å². The number of rotatable bonds is 2. The summed E-state index contributed by atoms with van der Waals surface area (Å²) >= 11 is 0. The summed E-state index contributed by atoms with van der Waals surface area (Å²) in [5.41, 5.74) is 0.215. The molecule has 0 aliphatic rings. The molecule has 0 aliphatic heterocycles. The molecule has 0 saturated heterocycles. The zero-order valence-corrected chi connectivity index (χ0v) is 7.11. The Morgan fingerprint density at radius 2 is 2.17 bits per heavy atom. The van der Waals surface area contributed by atoms with Gasteiger partial charge in [-0.25, -0.2) is 0 Å². The smallest absolute Gasteiger partial charge is 0.274 e. The van der Waals surface area contributed by atoms with Gasteiger partial charge < -0.3 is 5.11 Å². The van der Waals surface area contributed by atoms with Crippen LogP contribution in [-0.2, 0) is 13.5 Å². The third-order valence-corrected chi connectivity index (χ3v) is 1.65. The molecule has 0 radical (unpaired) electrons. The molecule has 0 unspecified atom stereocenters. The van der Waals surface area contributed by atoms with Gasteiger partial charge in [0.1, 0.15) is 11.5 Å². The molecule has 12 heavy (non-hydrogen) atoms. The molecule has 1 aromatic rings. The number of hydrogen-bond donors (Lipinski definition) is 1. The molecule has 0 spiro atoms. The summed E-state index contributed by atoms with van der Waals surface area (Å²) in [4.78, 5) is 11.2. The Hall–Kier alpha value is -1.23. The third-order valence-electron chi connectivity index (χ3n) is 1.65. The van der Waals surface area contributed by atoms with Gasteiger partial charge in [0.05, 0.1) is 6.61 Å². The standard InChI is InChI=1S/C7H11N3O2/c1-5-7(12)10(2)6(3-4-11)9-8-5/h11H,3-4H2,1-2H3. The van der Waals surface area contributed by atoms with Crippen molar-refractivity contribution in [3.05, 3.63) is 21.9 Å². The van der Waals surface area contributed by atoms with Gasteiger partial charge in [-0.3, -0.25) is 9.36 Å². The van der Waals surface area contributed by atoms with Crippen molar-refractivity contribution >= 4 is 0 Å². The Kier molecular flexibility index (Phi) is 2.54. The van der Waals surface area contributed by atoms with E-state index in [1.54, 1.807) is 14.0 Å². The van der Waals surface area contributed by atoms with E-state index in [0.717, 1.165) is 0 Å². The van der Waals surface area contributed by atoms with Gasteiger partial charge in [0, 0.05) is 13.5 Å². The van der Waals surface area contributed by atoms with E-state index in [9.17, 15) is 4.79 Å². The molecule has 5 nitrogen and oxygen atoms in total. The van der Waals surface area contributed by atoms with Gasteiger partial charge in [-0.15, -0.1) is 10.2 Å². The minimum atomic E-state index is -0.159. The SMILES string of the molecule is Cc1nnc(CCO)n(C)c1=O. The van der Waals surface area contributed by atoms with Crippen molar-refractivity contribution in [2.45, 2.75) is 13.3 Å². The molecule has 0 amide bonds. The predicted octanol–water partition coefficient (Wildman–Crippen LogP) is -0.981. The molecule has 0 saturated carbocycles. The Morgan fingerprint density at radius 3 is 2.75 bits per heavy atom. The summed E-state index contributed by atoms with van der Waals surface area (Å²) in [5, 5.41) is 16.1. The highest BCUT2D eigenvalue weighted by Crippen LogP contribution is 1.89. The quantitative estimate of drug-likeness (QED) is 0.617. The first-order valence-corrected chi connectivity index (χ1v) is 3.67. The van der Waals surface area contributed by atoms with Crippen LogP contribution in [-0.4, -0.2) is 26.5 Å². The highest BCUT2D eigenvalue weighted by Gasteiger charge is 2.03. The van der Waals surface area contributed by atoms with Crippen LogP contribution in [0.5, 0.6) is 0 Å². The average molecular weight is 169 g/mol. The van der Waals surface area contributed by atoms with E-state index in [-0.39, 0.29) is 12.2 Å². The summed E-state index contributed by atoms with van der Waals surface area (Å²) in [7, 11) is 1.62. The first-order chi connectivity index (χ1) is 5.66. The van der Waals surface area contributed by atoms with Gasteiger partial charge in [0.15, 0.2) is 0 Å². The summed E-state index contributed by atoms with van der Waals surface area (Å²) in [6.07, 6.45) is 0.360. The zero-order chi connectivity index (χ0) is 9.14. The first kappa shape index (κ1) is 8.86. The first-order valence-electron chi connectivity index (χ1n) is 3.67. The number of hydrogen-bond acceptors (Lipinski definition) is 4. The molecular weight excluding hydrogens is 158 g/mol. The summed E-state index contributed by atoms with van der Waals surface area (Å²) in [6, 6.07) is 0. The molecule has 1 aromatic heterocycles. The second-order valence-corrected chi connectivity index (χ2v) is 2.54. The molecule has 1 N–H and O–H groups in total. The number of aliphatic hydroxyl groups excluding tert-OH is 1. The lowest BCUT2D eigenvalue weighted by molar-refractivity contribution is 0.293. The Bertz CT molecular complexity index is 332. The van der Waals surface area contributed by atoms with Crippen molar-refractivity contribution in [3.8, 4) is 0 Å². The van der Waals surface area contributed by atoms with Crippen LogP contribution in [0.4, 0.5) is 0 Å². The Balaban J connectivity index is 3.18. The van der Waals surface area contributed by atoms with Gasteiger partial charge in [-0.05, 0) is 6.92 Å². The maximum atomic E-state index is 11.2. The molecule has 5 heteroatoms.